The van der Waals surface area contributed by atoms with E-state index in [1.54, 1.807) is 0 Å². The van der Waals surface area contributed by atoms with Crippen LogP contribution in [0.15, 0.2) is 36.7 Å². The van der Waals surface area contributed by atoms with Gasteiger partial charge in [0, 0.05) is 48.4 Å². The molecule has 0 saturated carbocycles. The van der Waals surface area contributed by atoms with Crippen molar-refractivity contribution in [2.24, 2.45) is 0 Å². The zero-order chi connectivity index (χ0) is 20.0. The topological polar surface area (TPSA) is 41.1 Å². The fourth-order valence-corrected chi connectivity index (χ4v) is 6.25. The third kappa shape index (κ3) is 3.93. The lowest BCUT2D eigenvalue weighted by Gasteiger charge is -2.21. The van der Waals surface area contributed by atoms with E-state index >= 15 is 0 Å². The van der Waals surface area contributed by atoms with Gasteiger partial charge in [0.1, 0.15) is 10.3 Å². The second-order valence-electron chi connectivity index (χ2n) is 9.02. The molecule has 0 spiro atoms. The fourth-order valence-electron chi connectivity index (χ4n) is 6.02. The van der Waals surface area contributed by atoms with Gasteiger partial charge in [0.25, 0.3) is 0 Å². The molecule has 2 aromatic heterocycles. The zero-order valence-electron chi connectivity index (χ0n) is 16.8. The van der Waals surface area contributed by atoms with Gasteiger partial charge in [-0.05, 0) is 68.8 Å². The number of pyridine rings is 2. The summed E-state index contributed by atoms with van der Waals surface area (Å²) in [7, 11) is 2.26. The Balaban J connectivity index is 0.000000125. The molecule has 29 heavy (non-hydrogen) atoms. The van der Waals surface area contributed by atoms with Crippen molar-refractivity contribution in [3.63, 3.8) is 0 Å². The molecule has 4 nitrogen and oxygen atoms in total. The molecule has 0 radical (unpaired) electrons. The van der Waals surface area contributed by atoms with Gasteiger partial charge in [0.15, 0.2) is 0 Å². The average molecular weight is 431 g/mol. The van der Waals surface area contributed by atoms with Gasteiger partial charge in [-0.2, -0.15) is 0 Å². The second-order valence-corrected chi connectivity index (χ2v) is 9.80. The van der Waals surface area contributed by atoms with Gasteiger partial charge in [-0.3, -0.25) is 4.90 Å². The van der Waals surface area contributed by atoms with E-state index < -0.39 is 0 Å². The molecular weight excluding hydrogens is 403 g/mol. The Kier molecular flexibility index (Phi) is 5.55. The molecule has 6 unspecified atom stereocenters. The van der Waals surface area contributed by atoms with E-state index in [0.717, 1.165) is 18.1 Å². The lowest BCUT2D eigenvalue weighted by molar-refractivity contribution is 0.307. The summed E-state index contributed by atoms with van der Waals surface area (Å²) >= 11 is 11.6. The molecule has 6 atom stereocenters. The fraction of sp³-hybridized carbons (Fsp3) is 0.565. The molecule has 0 amide bonds. The van der Waals surface area contributed by atoms with Crippen LogP contribution in [0.25, 0.3) is 0 Å². The highest BCUT2D eigenvalue weighted by Gasteiger charge is 2.44. The Hall–Kier alpha value is -1.20. The number of aromatic nitrogens is 2. The molecule has 4 bridgehead atoms. The SMILES string of the molecule is CN1C2CCC1C(c1ccc(Cl)nc1)C2.Clc1ccc(C2CC3CCC2N3)cn1. The van der Waals surface area contributed by atoms with Crippen LogP contribution in [0.3, 0.4) is 0 Å². The summed E-state index contributed by atoms with van der Waals surface area (Å²) in [4.78, 5) is 10.9. The number of fused-ring (bicyclic) bond motifs is 4. The predicted octanol–water partition coefficient (Wildman–Crippen LogP) is 5.03. The van der Waals surface area contributed by atoms with E-state index in [2.05, 4.69) is 39.4 Å². The Bertz CT molecular complexity index is 841. The molecule has 4 aliphatic rings. The first-order valence-corrected chi connectivity index (χ1v) is 11.5. The van der Waals surface area contributed by atoms with E-state index in [1.807, 2.05) is 24.5 Å². The van der Waals surface area contributed by atoms with Crippen molar-refractivity contribution >= 4 is 23.2 Å². The van der Waals surface area contributed by atoms with E-state index in [0.29, 0.717) is 28.2 Å². The van der Waals surface area contributed by atoms with Gasteiger partial charge in [0.2, 0.25) is 0 Å². The second kappa shape index (κ2) is 8.14. The summed E-state index contributed by atoms with van der Waals surface area (Å²) in [5.74, 6) is 1.34. The number of likely N-dealkylation sites (N-methyl/N-ethyl adjacent to an activating group) is 1. The Labute approximate surface area is 183 Å². The van der Waals surface area contributed by atoms with E-state index in [4.69, 9.17) is 23.2 Å². The number of hydrogen-bond acceptors (Lipinski definition) is 4. The van der Waals surface area contributed by atoms with E-state index in [-0.39, 0.29) is 0 Å². The largest absolute Gasteiger partial charge is 0.311 e. The molecule has 4 aliphatic heterocycles. The van der Waals surface area contributed by atoms with Crippen LogP contribution in [-0.2, 0) is 0 Å². The summed E-state index contributed by atoms with van der Waals surface area (Å²) < 4.78 is 0. The zero-order valence-corrected chi connectivity index (χ0v) is 18.3. The summed E-state index contributed by atoms with van der Waals surface area (Å²) in [6.07, 6.45) is 11.8. The lowest BCUT2D eigenvalue weighted by Crippen LogP contribution is -2.25. The highest BCUT2D eigenvalue weighted by molar-refractivity contribution is 6.29. The molecule has 2 aromatic rings. The first-order chi connectivity index (χ1) is 14.1. The highest BCUT2D eigenvalue weighted by atomic mass is 35.5. The quantitative estimate of drug-likeness (QED) is 0.678. The van der Waals surface area contributed by atoms with Gasteiger partial charge in [-0.15, -0.1) is 0 Å². The van der Waals surface area contributed by atoms with Crippen LogP contribution in [0.1, 0.15) is 61.5 Å². The van der Waals surface area contributed by atoms with Crippen molar-refractivity contribution in [2.75, 3.05) is 7.05 Å². The molecule has 6 heterocycles. The molecule has 0 aliphatic carbocycles. The molecular formula is C23H28Cl2N4. The average Bonchev–Trinajstić information content (AvgIpc) is 3.52. The minimum absolute atomic E-state index is 0.588. The summed E-state index contributed by atoms with van der Waals surface area (Å²) in [5, 5.41) is 4.81. The molecule has 4 fully saturated rings. The van der Waals surface area contributed by atoms with Crippen molar-refractivity contribution in [1.29, 1.82) is 0 Å². The normalized spacial score (nSPS) is 35.0. The van der Waals surface area contributed by atoms with Crippen LogP contribution < -0.4 is 5.32 Å². The number of nitrogens with one attached hydrogen (secondary N) is 1. The van der Waals surface area contributed by atoms with Gasteiger partial charge in [0.05, 0.1) is 0 Å². The van der Waals surface area contributed by atoms with Gasteiger partial charge in [-0.25, -0.2) is 9.97 Å². The van der Waals surface area contributed by atoms with Crippen LogP contribution in [0.4, 0.5) is 0 Å². The van der Waals surface area contributed by atoms with Crippen molar-refractivity contribution in [2.45, 2.75) is 74.5 Å². The number of nitrogens with zero attached hydrogens (tertiary/aromatic N) is 3. The third-order valence-electron chi connectivity index (χ3n) is 7.54. The van der Waals surface area contributed by atoms with Crippen molar-refractivity contribution in [3.05, 3.63) is 58.1 Å². The molecule has 6 rings (SSSR count). The summed E-state index contributed by atoms with van der Waals surface area (Å²) in [6.45, 7) is 0. The summed E-state index contributed by atoms with van der Waals surface area (Å²) in [5.41, 5.74) is 2.70. The molecule has 0 aromatic carbocycles. The highest BCUT2D eigenvalue weighted by Crippen LogP contribution is 2.45. The first-order valence-electron chi connectivity index (χ1n) is 10.8. The number of rotatable bonds is 2. The molecule has 4 saturated heterocycles. The van der Waals surface area contributed by atoms with Crippen LogP contribution >= 0.6 is 23.2 Å². The Morgan fingerprint density at radius 2 is 1.55 bits per heavy atom. The van der Waals surface area contributed by atoms with Crippen molar-refractivity contribution in [1.82, 2.24) is 20.2 Å². The third-order valence-corrected chi connectivity index (χ3v) is 7.99. The van der Waals surface area contributed by atoms with Gasteiger partial charge in [-0.1, -0.05) is 35.3 Å². The summed E-state index contributed by atoms with van der Waals surface area (Å²) in [6, 6.07) is 11.0. The molecule has 154 valence electrons. The molecule has 1 N–H and O–H groups in total. The maximum absolute atomic E-state index is 5.80. The minimum Gasteiger partial charge on any atom is -0.311 e. The predicted molar refractivity (Wildman–Crippen MR) is 118 cm³/mol. The monoisotopic (exact) mass is 430 g/mol. The molecule has 6 heteroatoms. The van der Waals surface area contributed by atoms with Crippen LogP contribution in [0.5, 0.6) is 0 Å². The van der Waals surface area contributed by atoms with Crippen LogP contribution in [0.2, 0.25) is 10.3 Å². The maximum atomic E-state index is 5.80. The Morgan fingerprint density at radius 1 is 0.862 bits per heavy atom. The minimum atomic E-state index is 0.588. The lowest BCUT2D eigenvalue weighted by atomic mass is 9.85. The standard InChI is InChI=1S/C12H15ClN2.C11H13ClN2/c1-15-9-3-4-11(15)10(6-9)8-2-5-12(13)14-7-8;12-11-4-1-7(6-13-11)9-5-8-2-3-10(9)14-8/h2,5,7,9-11H,3-4,6H2,1H3;1,4,6,8-10,14H,2-3,5H2. The van der Waals surface area contributed by atoms with E-state index in [9.17, 15) is 0 Å². The van der Waals surface area contributed by atoms with Crippen molar-refractivity contribution in [3.8, 4) is 0 Å². The first kappa shape index (κ1) is 19.7. The van der Waals surface area contributed by atoms with Crippen LogP contribution in [-0.4, -0.2) is 46.1 Å². The van der Waals surface area contributed by atoms with Crippen molar-refractivity contribution < 1.29 is 0 Å². The van der Waals surface area contributed by atoms with Crippen LogP contribution in [0, 0.1) is 0 Å². The number of hydrogen-bond donors (Lipinski definition) is 1. The smallest absolute Gasteiger partial charge is 0.129 e. The van der Waals surface area contributed by atoms with Gasteiger partial charge >= 0.3 is 0 Å². The van der Waals surface area contributed by atoms with E-state index in [1.165, 1.54) is 49.7 Å². The Morgan fingerprint density at radius 3 is 2.00 bits per heavy atom. The number of halogens is 2. The van der Waals surface area contributed by atoms with Gasteiger partial charge < -0.3 is 5.32 Å². The maximum Gasteiger partial charge on any atom is 0.129 e.